The molecule has 0 atom stereocenters. The van der Waals surface area contributed by atoms with E-state index in [2.05, 4.69) is 10.3 Å². The molecule has 140 valence electrons. The van der Waals surface area contributed by atoms with Gasteiger partial charge in [-0.3, -0.25) is 14.2 Å². The number of hydrogen-bond donors (Lipinski definition) is 2. The first-order chi connectivity index (χ1) is 12.7. The second-order valence-electron chi connectivity index (χ2n) is 6.48. The number of carbonyl (C=O) groups excluding carboxylic acids is 1. The molecule has 3 aromatic rings. The maximum atomic E-state index is 14.8. The van der Waals surface area contributed by atoms with E-state index in [1.165, 1.54) is 19.1 Å². The van der Waals surface area contributed by atoms with Crippen molar-refractivity contribution in [3.8, 4) is 5.69 Å². The highest BCUT2D eigenvalue weighted by atomic mass is 32.2. The number of thioether (sulfide) groups is 1. The molecule has 2 N–H and O–H groups in total. The highest BCUT2D eigenvalue weighted by Crippen LogP contribution is 2.36. The Morgan fingerprint density at radius 2 is 1.93 bits per heavy atom. The molecule has 8 heteroatoms. The van der Waals surface area contributed by atoms with Crippen molar-refractivity contribution in [1.29, 1.82) is 0 Å². The number of benzene rings is 2. The smallest absolute Gasteiger partial charge is 0.319 e. The molecule has 0 aliphatic rings. The van der Waals surface area contributed by atoms with Crippen molar-refractivity contribution in [2.24, 2.45) is 0 Å². The minimum absolute atomic E-state index is 0.224. The van der Waals surface area contributed by atoms with Gasteiger partial charge in [0.25, 0.3) is 0 Å². The number of nitrogens with zero attached hydrogens (tertiary/aromatic N) is 2. The third kappa shape index (κ3) is 3.80. The molecule has 1 aromatic heterocycles. The van der Waals surface area contributed by atoms with Crippen LogP contribution in [0.2, 0.25) is 0 Å². The number of nitrogens with one attached hydrogen (secondary N) is 1. The van der Waals surface area contributed by atoms with E-state index in [0.29, 0.717) is 21.9 Å². The Hall–Kier alpha value is -2.87. The van der Waals surface area contributed by atoms with Gasteiger partial charge in [-0.05, 0) is 44.2 Å². The van der Waals surface area contributed by atoms with Gasteiger partial charge in [0, 0.05) is 12.6 Å². The van der Waals surface area contributed by atoms with Crippen LogP contribution in [-0.4, -0.2) is 31.3 Å². The van der Waals surface area contributed by atoms with E-state index in [-0.39, 0.29) is 11.6 Å². The second-order valence-corrected chi connectivity index (χ2v) is 8.07. The largest absolute Gasteiger partial charge is 0.480 e. The Morgan fingerprint density at radius 3 is 2.56 bits per heavy atom. The van der Waals surface area contributed by atoms with E-state index in [4.69, 9.17) is 0 Å². The molecular formula is C19H18FN3O3S. The zero-order valence-corrected chi connectivity index (χ0v) is 15.8. The van der Waals surface area contributed by atoms with Gasteiger partial charge < -0.3 is 10.4 Å². The predicted octanol–water partition coefficient (Wildman–Crippen LogP) is 4.08. The lowest BCUT2D eigenvalue weighted by Crippen LogP contribution is -2.27. The number of carboxylic acid groups (broad SMARTS) is 1. The van der Waals surface area contributed by atoms with Crippen molar-refractivity contribution in [2.45, 2.75) is 30.7 Å². The summed E-state index contributed by atoms with van der Waals surface area (Å²) in [5.41, 5.74) is 1.86. The standard InChI is InChI=1S/C19H18FN3O3S/c1-11(24)21-12-8-9-15(13(20)10-12)23-16-7-5-4-6-14(16)22-18(23)27-19(2,3)17(25)26/h4-10H,1-3H3,(H,21,24)(H,25,26). The number of aromatic nitrogens is 2. The minimum atomic E-state index is -1.15. The highest BCUT2D eigenvalue weighted by Gasteiger charge is 2.31. The van der Waals surface area contributed by atoms with Crippen LogP contribution in [0.25, 0.3) is 16.7 Å². The molecular weight excluding hydrogens is 369 g/mol. The fraction of sp³-hybridized carbons (Fsp3) is 0.211. The molecule has 1 amide bonds. The number of imidazole rings is 1. The Bertz CT molecular complexity index is 1050. The van der Waals surface area contributed by atoms with Crippen molar-refractivity contribution >= 4 is 40.4 Å². The summed E-state index contributed by atoms with van der Waals surface area (Å²) < 4.78 is 15.3. The van der Waals surface area contributed by atoms with Crippen molar-refractivity contribution in [3.63, 3.8) is 0 Å². The molecule has 3 rings (SSSR count). The van der Waals surface area contributed by atoms with Crippen LogP contribution in [0.1, 0.15) is 20.8 Å². The SMILES string of the molecule is CC(=O)Nc1ccc(-n2c(SC(C)(C)C(=O)O)nc3ccccc32)c(F)c1. The lowest BCUT2D eigenvalue weighted by molar-refractivity contribution is -0.138. The summed E-state index contributed by atoms with van der Waals surface area (Å²) in [5, 5.41) is 12.3. The molecule has 1 heterocycles. The Kier molecular flexibility index (Phi) is 4.93. The molecule has 6 nitrogen and oxygen atoms in total. The zero-order chi connectivity index (χ0) is 19.8. The molecule has 0 saturated carbocycles. The first-order valence-electron chi connectivity index (χ1n) is 8.16. The second kappa shape index (κ2) is 7.03. The first-order valence-corrected chi connectivity index (χ1v) is 8.98. The average molecular weight is 387 g/mol. The summed E-state index contributed by atoms with van der Waals surface area (Å²) in [6, 6.07) is 11.5. The van der Waals surface area contributed by atoms with Crippen LogP contribution < -0.4 is 5.32 Å². The van der Waals surface area contributed by atoms with Crippen LogP contribution in [0.5, 0.6) is 0 Å². The number of para-hydroxylation sites is 2. The van der Waals surface area contributed by atoms with Gasteiger partial charge in [0.15, 0.2) is 5.16 Å². The summed E-state index contributed by atoms with van der Waals surface area (Å²) in [7, 11) is 0. The third-order valence-corrected chi connectivity index (χ3v) is 5.04. The molecule has 2 aromatic carbocycles. The number of halogens is 1. The van der Waals surface area contributed by atoms with Crippen molar-refractivity contribution < 1.29 is 19.1 Å². The molecule has 0 bridgehead atoms. The Morgan fingerprint density at radius 1 is 1.22 bits per heavy atom. The van der Waals surface area contributed by atoms with Gasteiger partial charge in [-0.15, -0.1) is 0 Å². The molecule has 0 radical (unpaired) electrons. The minimum Gasteiger partial charge on any atom is -0.480 e. The summed E-state index contributed by atoms with van der Waals surface area (Å²) in [6.07, 6.45) is 0. The predicted molar refractivity (Wildman–Crippen MR) is 103 cm³/mol. The van der Waals surface area contributed by atoms with Gasteiger partial charge in [-0.25, -0.2) is 9.37 Å². The summed E-state index contributed by atoms with van der Waals surface area (Å²) >= 11 is 1.04. The van der Waals surface area contributed by atoms with Gasteiger partial charge >= 0.3 is 5.97 Å². The van der Waals surface area contributed by atoms with Crippen LogP contribution in [0.3, 0.4) is 0 Å². The van der Waals surface area contributed by atoms with E-state index in [1.807, 2.05) is 6.07 Å². The van der Waals surface area contributed by atoms with Gasteiger partial charge in [-0.2, -0.15) is 0 Å². The number of hydrogen-bond acceptors (Lipinski definition) is 4. The van der Waals surface area contributed by atoms with Crippen molar-refractivity contribution in [2.75, 3.05) is 5.32 Å². The molecule has 0 aliphatic carbocycles. The summed E-state index contributed by atoms with van der Waals surface area (Å²) in [4.78, 5) is 27.2. The van der Waals surface area contributed by atoms with Crippen LogP contribution >= 0.6 is 11.8 Å². The lowest BCUT2D eigenvalue weighted by Gasteiger charge is -2.19. The van der Waals surface area contributed by atoms with Crippen LogP contribution in [0, 0.1) is 5.82 Å². The van der Waals surface area contributed by atoms with Crippen LogP contribution in [-0.2, 0) is 9.59 Å². The van der Waals surface area contributed by atoms with E-state index < -0.39 is 16.5 Å². The van der Waals surface area contributed by atoms with Gasteiger partial charge in [0.1, 0.15) is 10.6 Å². The normalized spacial score (nSPS) is 11.6. The molecule has 0 fully saturated rings. The molecule has 0 saturated heterocycles. The number of carboxylic acids is 1. The number of anilines is 1. The topological polar surface area (TPSA) is 84.2 Å². The molecule has 0 spiro atoms. The number of aliphatic carboxylic acids is 1. The summed E-state index contributed by atoms with van der Waals surface area (Å²) in [5.74, 6) is -1.85. The van der Waals surface area contributed by atoms with E-state index in [0.717, 1.165) is 11.8 Å². The molecule has 27 heavy (non-hydrogen) atoms. The van der Waals surface area contributed by atoms with E-state index in [1.54, 1.807) is 42.7 Å². The van der Waals surface area contributed by atoms with Gasteiger partial charge in [0.2, 0.25) is 5.91 Å². The number of rotatable bonds is 5. The zero-order valence-electron chi connectivity index (χ0n) is 15.0. The monoisotopic (exact) mass is 387 g/mol. The van der Waals surface area contributed by atoms with Crippen LogP contribution in [0.4, 0.5) is 10.1 Å². The van der Waals surface area contributed by atoms with E-state index >= 15 is 0 Å². The molecule has 0 unspecified atom stereocenters. The number of carbonyl (C=O) groups is 2. The van der Waals surface area contributed by atoms with E-state index in [9.17, 15) is 19.1 Å². The molecule has 0 aliphatic heterocycles. The quantitative estimate of drug-likeness (QED) is 0.645. The lowest BCUT2D eigenvalue weighted by atomic mass is 10.2. The van der Waals surface area contributed by atoms with Crippen LogP contribution in [0.15, 0.2) is 47.6 Å². The number of fused-ring (bicyclic) bond motifs is 1. The Labute approximate surface area is 159 Å². The van der Waals surface area contributed by atoms with Gasteiger partial charge in [0.05, 0.1) is 16.7 Å². The fourth-order valence-electron chi connectivity index (χ4n) is 2.55. The first kappa shape index (κ1) is 18.9. The average Bonchev–Trinajstić information content (AvgIpc) is 2.91. The Balaban J connectivity index is 2.17. The fourth-order valence-corrected chi connectivity index (χ4v) is 3.52. The third-order valence-electron chi connectivity index (χ3n) is 3.90. The maximum Gasteiger partial charge on any atom is 0.319 e. The summed E-state index contributed by atoms with van der Waals surface area (Å²) in [6.45, 7) is 4.48. The number of amides is 1. The van der Waals surface area contributed by atoms with Crippen molar-refractivity contribution in [3.05, 3.63) is 48.3 Å². The van der Waals surface area contributed by atoms with Crippen molar-refractivity contribution in [1.82, 2.24) is 9.55 Å². The highest BCUT2D eigenvalue weighted by molar-refractivity contribution is 8.01. The van der Waals surface area contributed by atoms with Gasteiger partial charge in [-0.1, -0.05) is 23.9 Å². The maximum absolute atomic E-state index is 14.8.